The molecule has 0 radical (unpaired) electrons. The molecule has 2 unspecified atom stereocenters. The predicted molar refractivity (Wildman–Crippen MR) is 375 cm³/mol. The second kappa shape index (κ2) is 75.3. The molecule has 6 heteroatoms. The Morgan fingerprint density at radius 2 is 0.482 bits per heavy atom. The molecule has 0 aliphatic carbocycles. The summed E-state index contributed by atoms with van der Waals surface area (Å²) in [6, 6.07) is -0.535. The number of hydrogen-bond donors (Lipinski definition) is 3. The molecule has 0 spiro atoms. The van der Waals surface area contributed by atoms with Gasteiger partial charge in [-0.3, -0.25) is 9.59 Å². The Morgan fingerprint density at radius 1 is 0.282 bits per heavy atom. The van der Waals surface area contributed by atoms with Gasteiger partial charge in [0.2, 0.25) is 5.91 Å². The summed E-state index contributed by atoms with van der Waals surface area (Å²) in [6.45, 7) is 5.01. The van der Waals surface area contributed by atoms with E-state index in [9.17, 15) is 19.8 Å². The van der Waals surface area contributed by atoms with Crippen molar-refractivity contribution >= 4 is 11.9 Å². The number of carbonyl (C=O) groups is 2. The van der Waals surface area contributed by atoms with Crippen molar-refractivity contribution in [2.45, 2.75) is 482 Å². The first-order valence-corrected chi connectivity index (χ1v) is 39.8. The van der Waals surface area contributed by atoms with Crippen LogP contribution in [0.3, 0.4) is 0 Å². The summed E-state index contributed by atoms with van der Waals surface area (Å²) in [5.74, 6) is 0.00324. The van der Waals surface area contributed by atoms with Crippen molar-refractivity contribution in [3.05, 3.63) is 0 Å². The molecule has 0 bridgehead atoms. The van der Waals surface area contributed by atoms with E-state index >= 15 is 0 Å². The van der Waals surface area contributed by atoms with Crippen LogP contribution >= 0.6 is 0 Å². The SMILES string of the molecule is CCCCCCCCCCCCCCCCCC(=O)OCCCCCCCCCCCCCCCCCCCCCCCCCCCCCCCCCCCCCCCCCC(=O)NC(CO)C(O)CCCCCCCCCCCCCCCC. The molecule has 0 rings (SSSR count). The first-order chi connectivity index (χ1) is 42.0. The molecular formula is C79H157NO5. The molecule has 508 valence electrons. The Bertz CT molecular complexity index is 1240. The fourth-order valence-corrected chi connectivity index (χ4v) is 13.1. The molecule has 1 amide bonds. The zero-order valence-electron chi connectivity index (χ0n) is 58.4. The van der Waals surface area contributed by atoms with E-state index in [4.69, 9.17) is 4.74 Å². The lowest BCUT2D eigenvalue weighted by atomic mass is 10.0. The first kappa shape index (κ1) is 83.9. The Morgan fingerprint density at radius 3 is 0.718 bits per heavy atom. The van der Waals surface area contributed by atoms with Gasteiger partial charge < -0.3 is 20.3 Å². The van der Waals surface area contributed by atoms with Gasteiger partial charge in [0.25, 0.3) is 0 Å². The van der Waals surface area contributed by atoms with Crippen LogP contribution in [0.25, 0.3) is 0 Å². The van der Waals surface area contributed by atoms with Gasteiger partial charge in [-0.05, 0) is 25.7 Å². The van der Waals surface area contributed by atoms with Crippen LogP contribution in [0.4, 0.5) is 0 Å². The quantitative estimate of drug-likeness (QED) is 0.0417. The topological polar surface area (TPSA) is 95.9 Å². The minimum absolute atomic E-state index is 0.0250. The number of carbonyl (C=O) groups excluding carboxylic acids is 2. The van der Waals surface area contributed by atoms with Crippen LogP contribution in [0, 0.1) is 0 Å². The Kier molecular flexibility index (Phi) is 74.3. The third-order valence-electron chi connectivity index (χ3n) is 19.2. The number of amides is 1. The second-order valence-corrected chi connectivity index (χ2v) is 27.8. The Labute approximate surface area is 534 Å². The molecule has 0 saturated heterocycles. The maximum atomic E-state index is 12.5. The maximum absolute atomic E-state index is 12.5. The lowest BCUT2D eigenvalue weighted by Gasteiger charge is -2.22. The van der Waals surface area contributed by atoms with E-state index in [2.05, 4.69) is 19.2 Å². The summed E-state index contributed by atoms with van der Waals surface area (Å²) < 4.78 is 5.51. The molecule has 0 heterocycles. The standard InChI is InChI=1S/C79H157NO5/c1-3-5-7-9-11-13-15-17-44-49-53-57-61-65-69-73-79(84)85-74-70-66-62-58-54-50-46-43-41-39-37-35-33-31-29-27-25-23-21-19-20-22-24-26-28-30-32-34-36-38-40-42-45-48-52-56-60-64-68-72-78(83)80-76(75-81)77(82)71-67-63-59-55-51-47-18-16-14-12-10-8-6-4-2/h76-77,81-82H,3-75H2,1-2H3,(H,80,83). The minimum Gasteiger partial charge on any atom is -0.466 e. The van der Waals surface area contributed by atoms with Crippen LogP contribution in [0.2, 0.25) is 0 Å². The van der Waals surface area contributed by atoms with Crippen molar-refractivity contribution in [2.75, 3.05) is 13.2 Å². The third-order valence-corrected chi connectivity index (χ3v) is 19.2. The van der Waals surface area contributed by atoms with Crippen molar-refractivity contribution in [3.63, 3.8) is 0 Å². The predicted octanol–water partition coefficient (Wildman–Crippen LogP) is 26.1. The minimum atomic E-state index is -0.658. The second-order valence-electron chi connectivity index (χ2n) is 27.8. The van der Waals surface area contributed by atoms with Crippen molar-refractivity contribution in [1.29, 1.82) is 0 Å². The van der Waals surface area contributed by atoms with Gasteiger partial charge in [-0.25, -0.2) is 0 Å². The van der Waals surface area contributed by atoms with Gasteiger partial charge >= 0.3 is 5.97 Å². The number of unbranched alkanes of at least 4 members (excludes halogenated alkanes) is 65. The molecule has 0 saturated carbocycles. The molecule has 85 heavy (non-hydrogen) atoms. The smallest absolute Gasteiger partial charge is 0.305 e. The highest BCUT2D eigenvalue weighted by atomic mass is 16.5. The van der Waals surface area contributed by atoms with Gasteiger partial charge in [0.05, 0.1) is 25.4 Å². The highest BCUT2D eigenvalue weighted by Crippen LogP contribution is 2.21. The first-order valence-electron chi connectivity index (χ1n) is 39.8. The summed E-state index contributed by atoms with van der Waals surface area (Å²) in [4.78, 5) is 24.6. The van der Waals surface area contributed by atoms with Crippen molar-refractivity contribution in [2.24, 2.45) is 0 Å². The van der Waals surface area contributed by atoms with Gasteiger partial charge in [0.15, 0.2) is 0 Å². The van der Waals surface area contributed by atoms with E-state index in [0.29, 0.717) is 25.9 Å². The number of nitrogens with one attached hydrogen (secondary N) is 1. The molecule has 0 aromatic carbocycles. The van der Waals surface area contributed by atoms with Gasteiger partial charge in [0, 0.05) is 12.8 Å². The average molecular weight is 1200 g/mol. The van der Waals surface area contributed by atoms with E-state index < -0.39 is 12.1 Å². The van der Waals surface area contributed by atoms with Gasteiger partial charge in [0.1, 0.15) is 0 Å². The fourth-order valence-electron chi connectivity index (χ4n) is 13.1. The number of aliphatic hydroxyl groups is 2. The van der Waals surface area contributed by atoms with E-state index in [1.165, 1.54) is 398 Å². The normalized spacial score (nSPS) is 12.4. The van der Waals surface area contributed by atoms with Gasteiger partial charge in [-0.1, -0.05) is 431 Å². The number of esters is 1. The Balaban J connectivity index is 3.26. The highest BCUT2D eigenvalue weighted by molar-refractivity contribution is 5.76. The van der Waals surface area contributed by atoms with E-state index in [1.807, 2.05) is 0 Å². The number of ether oxygens (including phenoxy) is 1. The molecule has 6 nitrogen and oxygen atoms in total. The fraction of sp³-hybridized carbons (Fsp3) is 0.975. The summed E-state index contributed by atoms with van der Waals surface area (Å²) in [6.07, 6.45) is 93.6. The monoisotopic (exact) mass is 1200 g/mol. The van der Waals surface area contributed by atoms with Gasteiger partial charge in [-0.2, -0.15) is 0 Å². The lowest BCUT2D eigenvalue weighted by Crippen LogP contribution is -2.45. The van der Waals surface area contributed by atoms with Crippen molar-refractivity contribution < 1.29 is 24.5 Å². The zero-order valence-corrected chi connectivity index (χ0v) is 58.4. The lowest BCUT2D eigenvalue weighted by molar-refractivity contribution is -0.143. The van der Waals surface area contributed by atoms with Crippen molar-refractivity contribution in [1.82, 2.24) is 5.32 Å². The maximum Gasteiger partial charge on any atom is 0.305 e. The molecule has 0 fully saturated rings. The molecule has 2 atom stereocenters. The summed E-state index contributed by atoms with van der Waals surface area (Å²) in [7, 11) is 0. The molecule has 0 aliphatic rings. The van der Waals surface area contributed by atoms with Crippen molar-refractivity contribution in [3.8, 4) is 0 Å². The van der Waals surface area contributed by atoms with Gasteiger partial charge in [-0.15, -0.1) is 0 Å². The number of hydrogen-bond acceptors (Lipinski definition) is 5. The highest BCUT2D eigenvalue weighted by Gasteiger charge is 2.20. The average Bonchev–Trinajstić information content (AvgIpc) is 3.52. The van der Waals surface area contributed by atoms with Crippen LogP contribution in [-0.2, 0) is 14.3 Å². The van der Waals surface area contributed by atoms with E-state index in [-0.39, 0.29) is 18.5 Å². The zero-order chi connectivity index (χ0) is 61.3. The molecule has 0 aliphatic heterocycles. The largest absolute Gasteiger partial charge is 0.466 e. The van der Waals surface area contributed by atoms with Crippen LogP contribution in [-0.4, -0.2) is 47.4 Å². The van der Waals surface area contributed by atoms with Crippen LogP contribution < -0.4 is 5.32 Å². The molecule has 0 aromatic rings. The number of aliphatic hydroxyl groups excluding tert-OH is 2. The van der Waals surface area contributed by atoms with E-state index in [1.54, 1.807) is 0 Å². The Hall–Kier alpha value is -1.14. The van der Waals surface area contributed by atoms with E-state index in [0.717, 1.165) is 38.5 Å². The third kappa shape index (κ3) is 71.8. The summed E-state index contributed by atoms with van der Waals surface area (Å²) in [5, 5.41) is 23.3. The molecule has 0 aromatic heterocycles. The summed E-state index contributed by atoms with van der Waals surface area (Å²) >= 11 is 0. The summed E-state index contributed by atoms with van der Waals surface area (Å²) in [5.41, 5.74) is 0. The molecule has 3 N–H and O–H groups in total. The van der Waals surface area contributed by atoms with Crippen LogP contribution in [0.15, 0.2) is 0 Å². The van der Waals surface area contributed by atoms with Crippen LogP contribution in [0.5, 0.6) is 0 Å². The van der Waals surface area contributed by atoms with Crippen LogP contribution in [0.1, 0.15) is 470 Å². The molecular weight excluding hydrogens is 1040 g/mol. The number of rotatable bonds is 76.